The van der Waals surface area contributed by atoms with Crippen LogP contribution in [0.2, 0.25) is 0 Å². The van der Waals surface area contributed by atoms with Crippen LogP contribution in [0.3, 0.4) is 0 Å². The summed E-state index contributed by atoms with van der Waals surface area (Å²) < 4.78 is 22.4. The van der Waals surface area contributed by atoms with Crippen LogP contribution in [0, 0.1) is 5.92 Å². The second-order valence-corrected chi connectivity index (χ2v) is 15.3. The first-order valence-corrected chi connectivity index (χ1v) is 17.6. The Hall–Kier alpha value is -4.45. The van der Waals surface area contributed by atoms with Gasteiger partial charge in [-0.25, -0.2) is 9.59 Å². The average Bonchev–Trinajstić information content (AvgIpc) is 3.62. The maximum atomic E-state index is 14.3. The number of carbonyl (C=O) groups is 5. The smallest absolute Gasteiger partial charge is 0.407 e. The second kappa shape index (κ2) is 16.3. The number of rotatable bonds is 12. The Morgan fingerprint density at radius 2 is 1.47 bits per heavy atom. The van der Waals surface area contributed by atoms with Crippen molar-refractivity contribution in [3.63, 3.8) is 0 Å². The number of alkyl carbamates (subject to hydrolysis) is 1. The highest BCUT2D eigenvalue weighted by Crippen LogP contribution is 2.44. The Balaban J connectivity index is 1.55. The zero-order valence-corrected chi connectivity index (χ0v) is 31.2. The van der Waals surface area contributed by atoms with Crippen LogP contribution in [0.1, 0.15) is 91.7 Å². The minimum Gasteiger partial charge on any atom is -0.469 e. The molecule has 1 heterocycles. The number of esters is 2. The molecule has 12 heteroatoms. The van der Waals surface area contributed by atoms with E-state index < -0.39 is 71.7 Å². The molecule has 2 aliphatic rings. The summed E-state index contributed by atoms with van der Waals surface area (Å²) in [6, 6.07) is 12.4. The highest BCUT2D eigenvalue weighted by Gasteiger charge is 2.45. The summed E-state index contributed by atoms with van der Waals surface area (Å²) in [5.41, 5.74) is 2.80. The monoisotopic (exact) mass is 707 g/mol. The predicted octanol–water partition coefficient (Wildman–Crippen LogP) is 5.11. The number of hydrogen-bond donors (Lipinski definition) is 2. The fraction of sp³-hybridized carbons (Fsp3) is 0.564. The first kappa shape index (κ1) is 39.3. The molecule has 0 bridgehead atoms. The third kappa shape index (κ3) is 10.1. The largest absolute Gasteiger partial charge is 0.469 e. The molecule has 3 amide bonds. The zero-order chi connectivity index (χ0) is 37.7. The average molecular weight is 708 g/mol. The molecule has 5 atom stereocenters. The van der Waals surface area contributed by atoms with Gasteiger partial charge in [-0.3, -0.25) is 14.4 Å². The number of hydrogen-bond acceptors (Lipinski definition) is 9. The summed E-state index contributed by atoms with van der Waals surface area (Å²) in [5.74, 6) is -3.06. The molecule has 51 heavy (non-hydrogen) atoms. The summed E-state index contributed by atoms with van der Waals surface area (Å²) >= 11 is 0. The van der Waals surface area contributed by atoms with E-state index in [0.717, 1.165) is 22.3 Å². The second-order valence-electron chi connectivity index (χ2n) is 15.3. The van der Waals surface area contributed by atoms with Gasteiger partial charge >= 0.3 is 18.0 Å². The van der Waals surface area contributed by atoms with Gasteiger partial charge in [-0.2, -0.15) is 0 Å². The molecule has 2 aromatic carbocycles. The minimum atomic E-state index is -1.41. The van der Waals surface area contributed by atoms with E-state index in [4.69, 9.17) is 18.9 Å². The first-order valence-electron chi connectivity index (χ1n) is 17.6. The number of methoxy groups -OCH3 is 1. The highest BCUT2D eigenvalue weighted by atomic mass is 16.6. The highest BCUT2D eigenvalue weighted by molar-refractivity contribution is 5.95. The molecule has 1 saturated heterocycles. The SMILES string of the molecule is CCC(C)C(NC(=O)[C@@H]1C[C@@H](OC(C)(C)C)CN1C(=O)C(CC(=O)OC)NC(=O)OCC1c2ccccc2-c2ccccc21)C(=O)OC(C)(C)C. The van der Waals surface area contributed by atoms with Crippen LogP contribution in [0.25, 0.3) is 11.1 Å². The summed E-state index contributed by atoms with van der Waals surface area (Å²) in [6.45, 7) is 14.6. The van der Waals surface area contributed by atoms with Crippen molar-refractivity contribution in [3.8, 4) is 11.1 Å². The maximum absolute atomic E-state index is 14.3. The van der Waals surface area contributed by atoms with Crippen molar-refractivity contribution < 1.29 is 42.9 Å². The van der Waals surface area contributed by atoms with E-state index in [2.05, 4.69) is 10.6 Å². The fourth-order valence-corrected chi connectivity index (χ4v) is 6.59. The lowest BCUT2D eigenvalue weighted by Gasteiger charge is -2.31. The van der Waals surface area contributed by atoms with Crippen LogP contribution in [-0.2, 0) is 38.1 Å². The number of fused-ring (bicyclic) bond motifs is 3. The Kier molecular flexibility index (Phi) is 12.5. The van der Waals surface area contributed by atoms with E-state index in [9.17, 15) is 24.0 Å². The predicted molar refractivity (Wildman–Crippen MR) is 191 cm³/mol. The van der Waals surface area contributed by atoms with Gasteiger partial charge in [0.1, 0.15) is 30.3 Å². The molecule has 1 aliphatic carbocycles. The van der Waals surface area contributed by atoms with Crippen molar-refractivity contribution in [2.75, 3.05) is 20.3 Å². The van der Waals surface area contributed by atoms with Crippen molar-refractivity contribution >= 4 is 29.8 Å². The fourth-order valence-electron chi connectivity index (χ4n) is 6.59. The molecule has 4 rings (SSSR count). The topological polar surface area (TPSA) is 150 Å². The van der Waals surface area contributed by atoms with Gasteiger partial charge in [-0.15, -0.1) is 0 Å². The molecule has 3 unspecified atom stereocenters. The Morgan fingerprint density at radius 3 is 2.00 bits per heavy atom. The lowest BCUT2D eigenvalue weighted by Crippen LogP contribution is -2.57. The van der Waals surface area contributed by atoms with E-state index >= 15 is 0 Å². The summed E-state index contributed by atoms with van der Waals surface area (Å²) in [6.07, 6.45) is -1.22. The standard InChI is InChI=1S/C39H53N3O9/c1-10-23(2)33(36(46)51-39(6,7)8)41-34(44)31-19-24(50-38(3,4)5)21-42(31)35(45)30(20-32(43)48-9)40-37(47)49-22-29-27-17-13-11-15-25(27)26-16-12-14-18-28(26)29/h11-18,23-24,29-31,33H,10,19-22H2,1-9H3,(H,40,47)(H,41,44)/t23?,24-,30?,31+,33?/m1/s1. The number of nitrogens with one attached hydrogen (secondary N) is 2. The summed E-state index contributed by atoms with van der Waals surface area (Å²) in [5, 5.41) is 5.40. The van der Waals surface area contributed by atoms with E-state index in [1.54, 1.807) is 20.8 Å². The molecule has 2 aromatic rings. The molecule has 0 saturated carbocycles. The van der Waals surface area contributed by atoms with E-state index in [-0.39, 0.29) is 31.4 Å². The van der Waals surface area contributed by atoms with Crippen molar-refractivity contribution in [2.24, 2.45) is 5.92 Å². The van der Waals surface area contributed by atoms with Gasteiger partial charge in [0.25, 0.3) is 0 Å². The van der Waals surface area contributed by atoms with Gasteiger partial charge in [0.2, 0.25) is 11.8 Å². The minimum absolute atomic E-state index is 0.00307. The van der Waals surface area contributed by atoms with Gasteiger partial charge in [0, 0.05) is 18.9 Å². The lowest BCUT2D eigenvalue weighted by atomic mass is 9.98. The van der Waals surface area contributed by atoms with Gasteiger partial charge in [-0.05, 0) is 69.7 Å². The van der Waals surface area contributed by atoms with E-state index in [1.165, 1.54) is 12.0 Å². The first-order chi connectivity index (χ1) is 23.9. The van der Waals surface area contributed by atoms with Crippen LogP contribution in [0.5, 0.6) is 0 Å². The van der Waals surface area contributed by atoms with Crippen LogP contribution in [-0.4, -0.2) is 90.4 Å². The molecule has 0 radical (unpaired) electrons. The Bertz CT molecular complexity index is 1550. The van der Waals surface area contributed by atoms with Gasteiger partial charge in [0.15, 0.2) is 0 Å². The van der Waals surface area contributed by atoms with Crippen LogP contribution in [0.4, 0.5) is 4.79 Å². The third-order valence-corrected chi connectivity index (χ3v) is 9.07. The molecule has 0 spiro atoms. The number of ether oxygens (including phenoxy) is 4. The molecular formula is C39H53N3O9. The number of carbonyl (C=O) groups excluding carboxylic acids is 5. The van der Waals surface area contributed by atoms with Gasteiger partial charge in [0.05, 0.1) is 25.2 Å². The lowest BCUT2D eigenvalue weighted by molar-refractivity contribution is -0.160. The molecular weight excluding hydrogens is 654 g/mol. The quantitative estimate of drug-likeness (QED) is 0.227. The van der Waals surface area contributed by atoms with Gasteiger partial charge < -0.3 is 34.5 Å². The van der Waals surface area contributed by atoms with Gasteiger partial charge in [-0.1, -0.05) is 68.8 Å². The molecule has 2 N–H and O–H groups in total. The van der Waals surface area contributed by atoms with Crippen LogP contribution >= 0.6 is 0 Å². The van der Waals surface area contributed by atoms with Crippen molar-refractivity contribution in [1.29, 1.82) is 0 Å². The molecule has 1 aliphatic heterocycles. The van der Waals surface area contributed by atoms with Crippen molar-refractivity contribution in [1.82, 2.24) is 15.5 Å². The maximum Gasteiger partial charge on any atom is 0.407 e. The Labute approximate surface area is 300 Å². The molecule has 1 fully saturated rings. The number of benzene rings is 2. The molecule has 278 valence electrons. The summed E-state index contributed by atoms with van der Waals surface area (Å²) in [7, 11) is 1.18. The number of likely N-dealkylation sites (tertiary alicyclic amines) is 1. The van der Waals surface area contributed by atoms with E-state index in [1.807, 2.05) is 83.1 Å². The zero-order valence-electron chi connectivity index (χ0n) is 31.2. The van der Waals surface area contributed by atoms with Crippen molar-refractivity contribution in [2.45, 2.75) is 116 Å². The van der Waals surface area contributed by atoms with E-state index in [0.29, 0.717) is 6.42 Å². The normalized spacial score (nSPS) is 18.9. The van der Waals surface area contributed by atoms with Crippen molar-refractivity contribution in [3.05, 3.63) is 59.7 Å². The molecule has 0 aromatic heterocycles. The van der Waals surface area contributed by atoms with Crippen LogP contribution in [0.15, 0.2) is 48.5 Å². The molecule has 12 nitrogen and oxygen atoms in total. The third-order valence-electron chi connectivity index (χ3n) is 9.07. The summed E-state index contributed by atoms with van der Waals surface area (Å²) in [4.78, 5) is 68.6. The Morgan fingerprint density at radius 1 is 0.882 bits per heavy atom. The number of amides is 3. The van der Waals surface area contributed by atoms with Crippen LogP contribution < -0.4 is 10.6 Å². The number of nitrogens with zero attached hydrogens (tertiary/aromatic N) is 1.